The fraction of sp³-hybridized carbons (Fsp3) is 0.720. The van der Waals surface area contributed by atoms with E-state index in [-0.39, 0.29) is 25.6 Å². The van der Waals surface area contributed by atoms with E-state index in [0.717, 1.165) is 13.0 Å². The van der Waals surface area contributed by atoms with Crippen LogP contribution in [0.1, 0.15) is 91.4 Å². The van der Waals surface area contributed by atoms with Gasteiger partial charge in [-0.05, 0) is 20.3 Å². The summed E-state index contributed by atoms with van der Waals surface area (Å²) < 4.78 is 9.96. The van der Waals surface area contributed by atoms with E-state index in [1.807, 2.05) is 24.1 Å². The number of rotatable bonds is 20. The Balaban J connectivity index is 3.81. The van der Waals surface area contributed by atoms with Crippen LogP contribution in [0.15, 0.2) is 29.4 Å². The highest BCUT2D eigenvalue weighted by molar-refractivity contribution is 5.86. The molecule has 0 aromatic rings. The fourth-order valence-corrected chi connectivity index (χ4v) is 2.92. The second-order valence-electron chi connectivity index (χ2n) is 7.81. The van der Waals surface area contributed by atoms with Crippen molar-refractivity contribution in [3.05, 3.63) is 24.4 Å². The predicted octanol–water partition coefficient (Wildman–Crippen LogP) is 5.82. The van der Waals surface area contributed by atoms with Gasteiger partial charge in [-0.2, -0.15) is 0 Å². The van der Waals surface area contributed by atoms with Gasteiger partial charge in [-0.1, -0.05) is 77.4 Å². The van der Waals surface area contributed by atoms with E-state index in [1.165, 1.54) is 57.8 Å². The Morgan fingerprint density at radius 2 is 1.52 bits per heavy atom. The zero-order valence-electron chi connectivity index (χ0n) is 20.1. The van der Waals surface area contributed by atoms with Gasteiger partial charge in [-0.25, -0.2) is 4.79 Å². The third kappa shape index (κ3) is 19.6. The summed E-state index contributed by atoms with van der Waals surface area (Å²) in [5, 5.41) is 0. The highest BCUT2D eigenvalue weighted by Gasteiger charge is 2.07. The van der Waals surface area contributed by atoms with Crippen LogP contribution in [-0.4, -0.2) is 49.5 Å². The van der Waals surface area contributed by atoms with Crippen molar-refractivity contribution < 1.29 is 19.1 Å². The lowest BCUT2D eigenvalue weighted by molar-refractivity contribution is -0.150. The highest BCUT2D eigenvalue weighted by atomic mass is 16.6. The molecule has 0 aliphatic carbocycles. The molecule has 0 heterocycles. The van der Waals surface area contributed by atoms with Crippen molar-refractivity contribution in [3.8, 4) is 0 Å². The molecule has 178 valence electrons. The topological polar surface area (TPSA) is 68.2 Å². The van der Waals surface area contributed by atoms with Gasteiger partial charge in [0.15, 0.2) is 0 Å². The first-order chi connectivity index (χ1) is 15.0. The first-order valence-electron chi connectivity index (χ1n) is 11.9. The number of nitrogens with zero attached hydrogens (tertiary/aromatic N) is 2. The van der Waals surface area contributed by atoms with Gasteiger partial charge in [0.25, 0.3) is 0 Å². The van der Waals surface area contributed by atoms with E-state index in [0.29, 0.717) is 12.1 Å². The van der Waals surface area contributed by atoms with Crippen LogP contribution in [0.25, 0.3) is 0 Å². The van der Waals surface area contributed by atoms with E-state index in [4.69, 9.17) is 9.47 Å². The number of unbranched alkanes of at least 4 members (excludes halogenated alkanes) is 9. The fourth-order valence-electron chi connectivity index (χ4n) is 2.92. The van der Waals surface area contributed by atoms with Crippen LogP contribution in [0.2, 0.25) is 0 Å². The van der Waals surface area contributed by atoms with Crippen molar-refractivity contribution in [2.24, 2.45) is 4.99 Å². The zero-order valence-corrected chi connectivity index (χ0v) is 20.1. The van der Waals surface area contributed by atoms with Gasteiger partial charge in [-0.15, -0.1) is 0 Å². The second-order valence-corrected chi connectivity index (χ2v) is 7.81. The Hall–Kier alpha value is -2.11. The lowest BCUT2D eigenvalue weighted by atomic mass is 10.1. The molecule has 0 rings (SSSR count). The molecular weight excluding hydrogens is 392 g/mol. The monoisotopic (exact) mass is 436 g/mol. The minimum Gasteiger partial charge on any atom is -0.462 e. The van der Waals surface area contributed by atoms with E-state index >= 15 is 0 Å². The number of aliphatic imine (C=N–C) groups is 1. The molecule has 0 unspecified atom stereocenters. The van der Waals surface area contributed by atoms with Crippen LogP contribution in [0.3, 0.4) is 0 Å². The molecule has 0 radical (unpaired) electrons. The lowest BCUT2D eigenvalue weighted by Crippen LogP contribution is -2.21. The zero-order chi connectivity index (χ0) is 23.2. The van der Waals surface area contributed by atoms with E-state index in [1.54, 1.807) is 13.3 Å². The molecule has 0 saturated carbocycles. The van der Waals surface area contributed by atoms with Crippen LogP contribution in [0, 0.1) is 0 Å². The molecule has 0 aliphatic rings. The number of hydrogen-bond donors (Lipinski definition) is 0. The Labute approximate surface area is 189 Å². The van der Waals surface area contributed by atoms with Crippen molar-refractivity contribution in [3.63, 3.8) is 0 Å². The molecular formula is C25H44N2O4. The van der Waals surface area contributed by atoms with E-state index < -0.39 is 5.97 Å². The normalized spacial score (nSPS) is 11.2. The number of allylic oxidation sites excluding steroid dienone is 1. The van der Waals surface area contributed by atoms with Crippen LogP contribution in [-0.2, 0) is 19.1 Å². The molecule has 6 heteroatoms. The Bertz CT molecular complexity index is 544. The van der Waals surface area contributed by atoms with Gasteiger partial charge >= 0.3 is 11.9 Å². The third-order valence-electron chi connectivity index (χ3n) is 4.71. The molecule has 0 spiro atoms. The Kier molecular flexibility index (Phi) is 19.7. The summed E-state index contributed by atoms with van der Waals surface area (Å²) in [4.78, 5) is 29.4. The second kappa shape index (κ2) is 21.1. The molecule has 0 fully saturated rings. The summed E-state index contributed by atoms with van der Waals surface area (Å²) in [5.74, 6) is -0.808. The van der Waals surface area contributed by atoms with Crippen LogP contribution < -0.4 is 0 Å². The van der Waals surface area contributed by atoms with Crippen molar-refractivity contribution in [2.75, 3.05) is 26.3 Å². The molecule has 0 bridgehead atoms. The van der Waals surface area contributed by atoms with Crippen molar-refractivity contribution in [1.82, 2.24) is 4.90 Å². The SMILES string of the molecule is C=C(C)C(=O)OCCOC(=O)CCN(C=NCCCCCCCCCCCC)/C=C\C. The number of esters is 2. The summed E-state index contributed by atoms with van der Waals surface area (Å²) in [6.07, 6.45) is 18.9. The van der Waals surface area contributed by atoms with Gasteiger partial charge in [0, 0.05) is 24.9 Å². The smallest absolute Gasteiger partial charge is 0.333 e. The quantitative estimate of drug-likeness (QED) is 0.0790. The van der Waals surface area contributed by atoms with Crippen molar-refractivity contribution in [2.45, 2.75) is 91.4 Å². The highest BCUT2D eigenvalue weighted by Crippen LogP contribution is 2.10. The van der Waals surface area contributed by atoms with E-state index in [2.05, 4.69) is 18.5 Å². The molecule has 0 amide bonds. The third-order valence-corrected chi connectivity index (χ3v) is 4.71. The molecule has 0 aromatic carbocycles. The van der Waals surface area contributed by atoms with Crippen molar-refractivity contribution in [1.29, 1.82) is 0 Å². The molecule has 6 nitrogen and oxygen atoms in total. The maximum atomic E-state index is 11.8. The molecule has 0 aromatic heterocycles. The van der Waals surface area contributed by atoms with Crippen LogP contribution >= 0.6 is 0 Å². The first-order valence-corrected chi connectivity index (χ1v) is 11.9. The maximum absolute atomic E-state index is 11.8. The van der Waals surface area contributed by atoms with Gasteiger partial charge in [-0.3, -0.25) is 9.79 Å². The first kappa shape index (κ1) is 28.9. The van der Waals surface area contributed by atoms with Crippen LogP contribution in [0.4, 0.5) is 0 Å². The number of ether oxygens (including phenoxy) is 2. The van der Waals surface area contributed by atoms with Crippen LogP contribution in [0.5, 0.6) is 0 Å². The summed E-state index contributed by atoms with van der Waals surface area (Å²) in [7, 11) is 0. The minimum atomic E-state index is -0.478. The summed E-state index contributed by atoms with van der Waals surface area (Å²) >= 11 is 0. The lowest BCUT2D eigenvalue weighted by Gasteiger charge is -2.14. The Morgan fingerprint density at radius 3 is 2.10 bits per heavy atom. The number of hydrogen-bond acceptors (Lipinski definition) is 5. The Morgan fingerprint density at radius 1 is 0.935 bits per heavy atom. The molecule has 0 saturated heterocycles. The molecule has 31 heavy (non-hydrogen) atoms. The summed E-state index contributed by atoms with van der Waals surface area (Å²) in [6, 6.07) is 0. The van der Waals surface area contributed by atoms with Gasteiger partial charge < -0.3 is 14.4 Å². The largest absolute Gasteiger partial charge is 0.462 e. The standard InChI is InChI=1S/C25H44N2O4/c1-5-7-8-9-10-11-12-13-14-15-17-26-22-27(18-6-2)19-16-24(28)30-20-21-31-25(29)23(3)4/h6,18,22H,3,5,7-17,19-21H2,1-2,4H3/b18-6-,26-22?. The minimum absolute atomic E-state index is 0.0380. The number of carbonyl (C=O) groups is 2. The maximum Gasteiger partial charge on any atom is 0.333 e. The predicted molar refractivity (Wildman–Crippen MR) is 128 cm³/mol. The molecule has 0 N–H and O–H groups in total. The molecule has 0 aliphatic heterocycles. The van der Waals surface area contributed by atoms with E-state index in [9.17, 15) is 9.59 Å². The average Bonchev–Trinajstić information content (AvgIpc) is 2.75. The van der Waals surface area contributed by atoms with Crippen molar-refractivity contribution >= 4 is 18.3 Å². The average molecular weight is 437 g/mol. The van der Waals surface area contributed by atoms with Gasteiger partial charge in [0.05, 0.1) is 12.8 Å². The molecule has 0 atom stereocenters. The summed E-state index contributed by atoms with van der Waals surface area (Å²) in [5.41, 5.74) is 0.324. The number of carbonyl (C=O) groups excluding carboxylic acids is 2. The summed E-state index contributed by atoms with van der Waals surface area (Å²) in [6.45, 7) is 10.6. The van der Waals surface area contributed by atoms with Gasteiger partial charge in [0.1, 0.15) is 13.2 Å². The van der Waals surface area contributed by atoms with Gasteiger partial charge in [0.2, 0.25) is 0 Å².